The molecule has 140 valence electrons. The van der Waals surface area contributed by atoms with Crippen molar-refractivity contribution in [1.82, 2.24) is 4.72 Å². The predicted octanol–water partition coefficient (Wildman–Crippen LogP) is 3.56. The predicted molar refractivity (Wildman–Crippen MR) is 103 cm³/mol. The van der Waals surface area contributed by atoms with E-state index in [1.165, 1.54) is 37.4 Å². The molecule has 0 saturated carbocycles. The average Bonchev–Trinajstić information content (AvgIpc) is 2.58. The summed E-state index contributed by atoms with van der Waals surface area (Å²) in [4.78, 5) is 12.3. The van der Waals surface area contributed by atoms with Crippen LogP contribution in [0.1, 0.15) is 17.3 Å². The summed E-state index contributed by atoms with van der Waals surface area (Å²) in [7, 11) is -2.20. The van der Waals surface area contributed by atoms with Crippen LogP contribution in [0.2, 0.25) is 10.0 Å². The molecular formula is C17H18Cl2N2O4S. The highest BCUT2D eigenvalue weighted by atomic mass is 35.5. The molecule has 26 heavy (non-hydrogen) atoms. The lowest BCUT2D eigenvalue weighted by atomic mass is 10.2. The standard InChI is InChI=1S/C17H18Cl2N2O4S/c1-11(10-25-2)21-26(23,24)14-6-3-12(4-7-14)17(22)20-13-5-8-15(18)16(19)9-13/h3-9,11,21H,10H2,1-2H3,(H,20,22)/t11-/m1/s1. The number of carbonyl (C=O) groups excluding carboxylic acids is 1. The monoisotopic (exact) mass is 416 g/mol. The Kier molecular flexibility index (Phi) is 7.02. The van der Waals surface area contributed by atoms with Gasteiger partial charge in [-0.2, -0.15) is 0 Å². The topological polar surface area (TPSA) is 84.5 Å². The third-order valence-electron chi connectivity index (χ3n) is 3.38. The zero-order valence-corrected chi connectivity index (χ0v) is 16.5. The third kappa shape index (κ3) is 5.43. The molecule has 0 saturated heterocycles. The number of nitrogens with one attached hydrogen (secondary N) is 2. The van der Waals surface area contributed by atoms with Crippen LogP contribution in [0.4, 0.5) is 5.69 Å². The van der Waals surface area contributed by atoms with E-state index in [1.54, 1.807) is 19.1 Å². The van der Waals surface area contributed by atoms with Gasteiger partial charge in [0.1, 0.15) is 0 Å². The fraction of sp³-hybridized carbons (Fsp3) is 0.235. The Morgan fingerprint density at radius 2 is 1.77 bits per heavy atom. The van der Waals surface area contributed by atoms with Crippen LogP contribution in [0, 0.1) is 0 Å². The van der Waals surface area contributed by atoms with Crippen molar-refractivity contribution < 1.29 is 17.9 Å². The third-order valence-corrected chi connectivity index (χ3v) is 5.72. The van der Waals surface area contributed by atoms with E-state index in [1.807, 2.05) is 0 Å². The van der Waals surface area contributed by atoms with Gasteiger partial charge in [0.05, 0.1) is 21.5 Å². The van der Waals surface area contributed by atoms with Crippen molar-refractivity contribution >= 4 is 44.8 Å². The number of hydrogen-bond donors (Lipinski definition) is 2. The zero-order chi connectivity index (χ0) is 19.3. The number of rotatable bonds is 7. The number of amides is 1. The normalized spacial score (nSPS) is 12.6. The molecule has 0 aliphatic carbocycles. The van der Waals surface area contributed by atoms with E-state index in [2.05, 4.69) is 10.0 Å². The van der Waals surface area contributed by atoms with Crippen molar-refractivity contribution in [1.29, 1.82) is 0 Å². The number of hydrogen-bond acceptors (Lipinski definition) is 4. The number of carbonyl (C=O) groups is 1. The van der Waals surface area contributed by atoms with Crippen LogP contribution in [0.25, 0.3) is 0 Å². The molecule has 0 radical (unpaired) electrons. The Hall–Kier alpha value is -1.64. The second-order valence-electron chi connectivity index (χ2n) is 5.59. The Balaban J connectivity index is 2.10. The molecule has 2 aromatic carbocycles. The highest BCUT2D eigenvalue weighted by Gasteiger charge is 2.18. The van der Waals surface area contributed by atoms with E-state index in [0.29, 0.717) is 21.3 Å². The Bertz CT molecular complexity index is 886. The minimum absolute atomic E-state index is 0.0616. The minimum atomic E-state index is -3.69. The molecule has 9 heteroatoms. The van der Waals surface area contributed by atoms with Crippen molar-refractivity contribution in [3.05, 3.63) is 58.1 Å². The fourth-order valence-corrected chi connectivity index (χ4v) is 3.71. The first kappa shape index (κ1) is 20.7. The molecule has 2 N–H and O–H groups in total. The lowest BCUT2D eigenvalue weighted by Gasteiger charge is -2.13. The van der Waals surface area contributed by atoms with E-state index >= 15 is 0 Å². The van der Waals surface area contributed by atoms with Gasteiger partial charge in [-0.15, -0.1) is 0 Å². The maximum absolute atomic E-state index is 12.3. The van der Waals surface area contributed by atoms with Gasteiger partial charge in [0.15, 0.2) is 0 Å². The van der Waals surface area contributed by atoms with Gasteiger partial charge >= 0.3 is 0 Å². The summed E-state index contributed by atoms with van der Waals surface area (Å²) in [5.41, 5.74) is 0.788. The first-order valence-electron chi connectivity index (χ1n) is 7.60. The average molecular weight is 417 g/mol. The molecule has 0 aliphatic rings. The maximum Gasteiger partial charge on any atom is 0.255 e. The van der Waals surface area contributed by atoms with Gasteiger partial charge in [0.25, 0.3) is 5.91 Å². The number of sulfonamides is 1. The van der Waals surface area contributed by atoms with E-state index in [4.69, 9.17) is 27.9 Å². The molecular weight excluding hydrogens is 399 g/mol. The van der Waals surface area contributed by atoms with Crippen LogP contribution in [0.5, 0.6) is 0 Å². The Morgan fingerprint density at radius 3 is 2.35 bits per heavy atom. The number of benzene rings is 2. The molecule has 0 aromatic heterocycles. The van der Waals surface area contributed by atoms with Gasteiger partial charge in [0, 0.05) is 24.4 Å². The summed E-state index contributed by atoms with van der Waals surface area (Å²) in [6.07, 6.45) is 0. The summed E-state index contributed by atoms with van der Waals surface area (Å²) in [6, 6.07) is 9.94. The molecule has 0 fully saturated rings. The summed E-state index contributed by atoms with van der Waals surface area (Å²) in [6.45, 7) is 1.95. The summed E-state index contributed by atoms with van der Waals surface area (Å²) >= 11 is 11.7. The van der Waals surface area contributed by atoms with Crippen LogP contribution >= 0.6 is 23.2 Å². The van der Waals surface area contributed by atoms with Crippen LogP contribution in [0.15, 0.2) is 47.4 Å². The van der Waals surface area contributed by atoms with Crippen molar-refractivity contribution in [3.8, 4) is 0 Å². The number of anilines is 1. The van der Waals surface area contributed by atoms with Crippen LogP contribution in [-0.4, -0.2) is 34.1 Å². The molecule has 1 amide bonds. The Morgan fingerprint density at radius 1 is 1.12 bits per heavy atom. The molecule has 1 atom stereocenters. The molecule has 2 rings (SSSR count). The highest BCUT2D eigenvalue weighted by molar-refractivity contribution is 7.89. The lowest BCUT2D eigenvalue weighted by Crippen LogP contribution is -2.35. The quantitative estimate of drug-likeness (QED) is 0.722. The van der Waals surface area contributed by atoms with E-state index in [0.717, 1.165) is 0 Å². The first-order valence-corrected chi connectivity index (χ1v) is 9.84. The smallest absolute Gasteiger partial charge is 0.255 e. The fourth-order valence-electron chi connectivity index (χ4n) is 2.18. The van der Waals surface area contributed by atoms with Crippen LogP contribution in [0.3, 0.4) is 0 Å². The van der Waals surface area contributed by atoms with E-state index in [-0.39, 0.29) is 17.5 Å². The van der Waals surface area contributed by atoms with Gasteiger partial charge in [-0.25, -0.2) is 13.1 Å². The molecule has 6 nitrogen and oxygen atoms in total. The van der Waals surface area contributed by atoms with Gasteiger partial charge in [-0.05, 0) is 49.4 Å². The minimum Gasteiger partial charge on any atom is -0.383 e. The van der Waals surface area contributed by atoms with Gasteiger partial charge in [0.2, 0.25) is 10.0 Å². The van der Waals surface area contributed by atoms with Crippen molar-refractivity contribution in [2.75, 3.05) is 19.0 Å². The summed E-state index contributed by atoms with van der Waals surface area (Å²) < 4.78 is 31.9. The van der Waals surface area contributed by atoms with Crippen LogP contribution in [-0.2, 0) is 14.8 Å². The van der Waals surface area contributed by atoms with Crippen molar-refractivity contribution in [3.63, 3.8) is 0 Å². The van der Waals surface area contributed by atoms with Gasteiger partial charge in [-0.1, -0.05) is 23.2 Å². The van der Waals surface area contributed by atoms with Crippen molar-refractivity contribution in [2.45, 2.75) is 17.9 Å². The van der Waals surface area contributed by atoms with Crippen molar-refractivity contribution in [2.24, 2.45) is 0 Å². The number of methoxy groups -OCH3 is 1. The van der Waals surface area contributed by atoms with E-state index < -0.39 is 15.9 Å². The van der Waals surface area contributed by atoms with Gasteiger partial charge in [-0.3, -0.25) is 4.79 Å². The Labute approximate surface area is 162 Å². The van der Waals surface area contributed by atoms with Crippen LogP contribution < -0.4 is 10.0 Å². The second kappa shape index (κ2) is 8.83. The molecule has 0 bridgehead atoms. The number of halogens is 2. The number of ether oxygens (including phenoxy) is 1. The van der Waals surface area contributed by atoms with E-state index in [9.17, 15) is 13.2 Å². The van der Waals surface area contributed by atoms with Gasteiger partial charge < -0.3 is 10.1 Å². The zero-order valence-electron chi connectivity index (χ0n) is 14.1. The summed E-state index contributed by atoms with van der Waals surface area (Å²) in [5, 5.41) is 3.37. The molecule has 0 heterocycles. The lowest BCUT2D eigenvalue weighted by molar-refractivity contribution is 0.102. The first-order chi connectivity index (χ1) is 12.2. The molecule has 0 spiro atoms. The highest BCUT2D eigenvalue weighted by Crippen LogP contribution is 2.25. The largest absolute Gasteiger partial charge is 0.383 e. The molecule has 0 aliphatic heterocycles. The second-order valence-corrected chi connectivity index (χ2v) is 8.11. The molecule has 0 unspecified atom stereocenters. The SMILES string of the molecule is COC[C@@H](C)NS(=O)(=O)c1ccc(C(=O)Nc2ccc(Cl)c(Cl)c2)cc1. The maximum atomic E-state index is 12.3. The molecule has 2 aromatic rings. The summed E-state index contributed by atoms with van der Waals surface area (Å²) in [5.74, 6) is -0.395.